The lowest BCUT2D eigenvalue weighted by Gasteiger charge is -2.12. The van der Waals surface area contributed by atoms with Gasteiger partial charge in [0.1, 0.15) is 17.0 Å². The summed E-state index contributed by atoms with van der Waals surface area (Å²) in [6.07, 6.45) is 3.44. The summed E-state index contributed by atoms with van der Waals surface area (Å²) < 4.78 is 19.2. The lowest BCUT2D eigenvalue weighted by molar-refractivity contribution is 0.626. The van der Waals surface area contributed by atoms with Gasteiger partial charge in [-0.3, -0.25) is 4.98 Å². The molecule has 0 saturated heterocycles. The van der Waals surface area contributed by atoms with Crippen LogP contribution in [0.4, 0.5) is 4.39 Å². The van der Waals surface area contributed by atoms with Gasteiger partial charge in [-0.05, 0) is 53.6 Å². The fourth-order valence-corrected chi connectivity index (χ4v) is 2.72. The summed E-state index contributed by atoms with van der Waals surface area (Å²) >= 11 is 0. The molecule has 0 aliphatic carbocycles. The topological polar surface area (TPSA) is 52.0 Å². The van der Waals surface area contributed by atoms with Gasteiger partial charge in [0.25, 0.3) is 0 Å². The second-order valence-corrected chi connectivity index (χ2v) is 5.26. The molecule has 4 aromatic rings. The Labute approximate surface area is 126 Å². The number of hydrogen-bond donors (Lipinski definition) is 1. The summed E-state index contributed by atoms with van der Waals surface area (Å²) in [5, 5.41) is 1.63. The minimum Gasteiger partial charge on any atom is -0.456 e. The molecule has 0 aliphatic heterocycles. The van der Waals surface area contributed by atoms with Crippen LogP contribution in [0.15, 0.2) is 65.3 Å². The predicted octanol–water partition coefficient (Wildman–Crippen LogP) is 4.17. The first-order valence-electron chi connectivity index (χ1n) is 6.99. The third-order valence-electron chi connectivity index (χ3n) is 3.88. The standard InChI is InChI=1S/C18H13FN2O/c19-13-2-4-17-15(10-13)14-9-12(1-3-16(14)22-17)18(20)11-5-7-21-8-6-11/h1-10,18H,20H2. The van der Waals surface area contributed by atoms with Crippen LogP contribution in [0.1, 0.15) is 17.2 Å². The normalized spacial score (nSPS) is 12.8. The van der Waals surface area contributed by atoms with Crippen LogP contribution in [0.5, 0.6) is 0 Å². The lowest BCUT2D eigenvalue weighted by Crippen LogP contribution is -2.11. The smallest absolute Gasteiger partial charge is 0.135 e. The van der Waals surface area contributed by atoms with E-state index in [-0.39, 0.29) is 11.9 Å². The zero-order valence-electron chi connectivity index (χ0n) is 11.7. The number of furan rings is 1. The van der Waals surface area contributed by atoms with E-state index in [0.29, 0.717) is 5.58 Å². The van der Waals surface area contributed by atoms with Crippen molar-refractivity contribution in [2.45, 2.75) is 6.04 Å². The minimum absolute atomic E-state index is 0.258. The summed E-state index contributed by atoms with van der Waals surface area (Å²) in [5.41, 5.74) is 9.65. The molecule has 0 fully saturated rings. The van der Waals surface area contributed by atoms with Crippen LogP contribution in [-0.4, -0.2) is 4.98 Å². The Morgan fingerprint density at radius 1 is 0.864 bits per heavy atom. The summed E-state index contributed by atoms with van der Waals surface area (Å²) in [6, 6.07) is 13.8. The largest absolute Gasteiger partial charge is 0.456 e. The molecule has 0 spiro atoms. The Kier molecular flexibility index (Phi) is 2.91. The van der Waals surface area contributed by atoms with Crippen molar-refractivity contribution in [3.05, 3.63) is 77.9 Å². The molecule has 0 radical (unpaired) electrons. The van der Waals surface area contributed by atoms with E-state index in [1.54, 1.807) is 18.5 Å². The Hall–Kier alpha value is -2.72. The molecule has 108 valence electrons. The molecule has 22 heavy (non-hydrogen) atoms. The highest BCUT2D eigenvalue weighted by molar-refractivity contribution is 6.05. The highest BCUT2D eigenvalue weighted by Crippen LogP contribution is 2.32. The van der Waals surface area contributed by atoms with E-state index in [0.717, 1.165) is 27.5 Å². The van der Waals surface area contributed by atoms with Gasteiger partial charge >= 0.3 is 0 Å². The third-order valence-corrected chi connectivity index (χ3v) is 3.88. The number of fused-ring (bicyclic) bond motifs is 3. The first-order chi connectivity index (χ1) is 10.7. The monoisotopic (exact) mass is 292 g/mol. The van der Waals surface area contributed by atoms with E-state index in [1.807, 2.05) is 30.3 Å². The molecule has 2 aromatic heterocycles. The van der Waals surface area contributed by atoms with E-state index >= 15 is 0 Å². The number of halogens is 1. The molecule has 4 rings (SSSR count). The van der Waals surface area contributed by atoms with E-state index in [2.05, 4.69) is 4.98 Å². The number of aromatic nitrogens is 1. The fraction of sp³-hybridized carbons (Fsp3) is 0.0556. The maximum absolute atomic E-state index is 13.5. The van der Waals surface area contributed by atoms with E-state index in [4.69, 9.17) is 10.2 Å². The van der Waals surface area contributed by atoms with Crippen molar-refractivity contribution in [1.29, 1.82) is 0 Å². The van der Waals surface area contributed by atoms with Gasteiger partial charge in [0.05, 0.1) is 6.04 Å². The Morgan fingerprint density at radius 3 is 2.32 bits per heavy atom. The molecule has 0 aliphatic rings. The van der Waals surface area contributed by atoms with E-state index in [9.17, 15) is 4.39 Å². The number of nitrogens with two attached hydrogens (primary N) is 1. The predicted molar refractivity (Wildman–Crippen MR) is 83.9 cm³/mol. The van der Waals surface area contributed by atoms with Crippen molar-refractivity contribution < 1.29 is 8.81 Å². The van der Waals surface area contributed by atoms with Crippen LogP contribution < -0.4 is 5.73 Å². The molecule has 2 aromatic carbocycles. The second-order valence-electron chi connectivity index (χ2n) is 5.26. The molecular formula is C18H13FN2O. The summed E-state index contributed by atoms with van der Waals surface area (Å²) in [7, 11) is 0. The molecule has 1 unspecified atom stereocenters. The molecule has 3 nitrogen and oxygen atoms in total. The van der Waals surface area contributed by atoms with Gasteiger partial charge in [-0.2, -0.15) is 0 Å². The van der Waals surface area contributed by atoms with Gasteiger partial charge < -0.3 is 10.2 Å². The summed E-state index contributed by atoms with van der Waals surface area (Å²) in [5.74, 6) is -0.279. The second kappa shape index (κ2) is 4.93. The van der Waals surface area contributed by atoms with Gasteiger partial charge in [0, 0.05) is 23.2 Å². The fourth-order valence-electron chi connectivity index (χ4n) is 2.72. The van der Waals surface area contributed by atoms with Crippen LogP contribution >= 0.6 is 0 Å². The molecule has 0 saturated carbocycles. The number of pyridine rings is 1. The van der Waals surface area contributed by atoms with Crippen molar-refractivity contribution in [3.8, 4) is 0 Å². The molecule has 0 bridgehead atoms. The molecule has 2 heterocycles. The van der Waals surface area contributed by atoms with Crippen LogP contribution in [-0.2, 0) is 0 Å². The molecule has 4 heteroatoms. The number of nitrogens with zero attached hydrogens (tertiary/aromatic N) is 1. The van der Waals surface area contributed by atoms with Crippen LogP contribution in [0.3, 0.4) is 0 Å². The van der Waals surface area contributed by atoms with Crippen molar-refractivity contribution in [2.24, 2.45) is 5.73 Å². The Bertz CT molecular complexity index is 963. The van der Waals surface area contributed by atoms with Gasteiger partial charge in [-0.25, -0.2) is 4.39 Å². The van der Waals surface area contributed by atoms with E-state index < -0.39 is 0 Å². The highest BCUT2D eigenvalue weighted by Gasteiger charge is 2.13. The van der Waals surface area contributed by atoms with Gasteiger partial charge in [-0.1, -0.05) is 6.07 Å². The molecule has 0 amide bonds. The van der Waals surface area contributed by atoms with Gasteiger partial charge in [0.2, 0.25) is 0 Å². The SMILES string of the molecule is NC(c1ccncc1)c1ccc2oc3ccc(F)cc3c2c1. The van der Waals surface area contributed by atoms with Crippen molar-refractivity contribution >= 4 is 21.9 Å². The van der Waals surface area contributed by atoms with Crippen LogP contribution in [0.2, 0.25) is 0 Å². The first-order valence-corrected chi connectivity index (χ1v) is 6.99. The van der Waals surface area contributed by atoms with Crippen LogP contribution in [0.25, 0.3) is 21.9 Å². The molecular weight excluding hydrogens is 279 g/mol. The zero-order chi connectivity index (χ0) is 15.1. The summed E-state index contributed by atoms with van der Waals surface area (Å²) in [6.45, 7) is 0. The number of rotatable bonds is 2. The molecule has 1 atom stereocenters. The average Bonchev–Trinajstić information content (AvgIpc) is 2.92. The van der Waals surface area contributed by atoms with Crippen molar-refractivity contribution in [1.82, 2.24) is 4.98 Å². The number of hydrogen-bond acceptors (Lipinski definition) is 3. The summed E-state index contributed by atoms with van der Waals surface area (Å²) in [4.78, 5) is 4.00. The quantitative estimate of drug-likeness (QED) is 0.603. The molecule has 2 N–H and O–H groups in total. The third kappa shape index (κ3) is 2.05. The van der Waals surface area contributed by atoms with Gasteiger partial charge in [-0.15, -0.1) is 0 Å². The Morgan fingerprint density at radius 2 is 1.55 bits per heavy atom. The maximum atomic E-state index is 13.5. The van der Waals surface area contributed by atoms with Gasteiger partial charge in [0.15, 0.2) is 0 Å². The van der Waals surface area contributed by atoms with E-state index in [1.165, 1.54) is 12.1 Å². The number of benzene rings is 2. The van der Waals surface area contributed by atoms with Crippen molar-refractivity contribution in [2.75, 3.05) is 0 Å². The first kappa shape index (κ1) is 13.0. The van der Waals surface area contributed by atoms with Crippen molar-refractivity contribution in [3.63, 3.8) is 0 Å². The maximum Gasteiger partial charge on any atom is 0.135 e. The average molecular weight is 292 g/mol. The Balaban J connectivity index is 1.89. The van der Waals surface area contributed by atoms with Crippen LogP contribution in [0, 0.1) is 5.82 Å². The highest BCUT2D eigenvalue weighted by atomic mass is 19.1. The zero-order valence-corrected chi connectivity index (χ0v) is 11.7. The lowest BCUT2D eigenvalue weighted by atomic mass is 9.99. The minimum atomic E-state index is -0.279.